The molecule has 1 N–H and O–H groups in total. The third-order valence-corrected chi connectivity index (χ3v) is 3.87. The Balaban J connectivity index is 2.32. The monoisotopic (exact) mass is 375 g/mol. The van der Waals surface area contributed by atoms with E-state index in [0.29, 0.717) is 21.2 Å². The molecule has 2 aromatic rings. The highest BCUT2D eigenvalue weighted by Gasteiger charge is 2.14. The van der Waals surface area contributed by atoms with E-state index in [1.165, 1.54) is 30.3 Å². The largest absolute Gasteiger partial charge is 0.321 e. The normalized spacial score (nSPS) is 10.9. The van der Waals surface area contributed by atoms with Gasteiger partial charge in [-0.3, -0.25) is 14.9 Å². The van der Waals surface area contributed by atoms with Crippen molar-refractivity contribution < 1.29 is 9.72 Å². The molecule has 25 heavy (non-hydrogen) atoms. The molecule has 2 aromatic carbocycles. The lowest BCUT2D eigenvalue weighted by Crippen LogP contribution is -2.14. The number of non-ortho nitro benzene ring substituents is 1. The fourth-order valence-corrected chi connectivity index (χ4v) is 2.43. The molecule has 0 heterocycles. The van der Waals surface area contributed by atoms with Crippen LogP contribution in [0.25, 0.3) is 6.08 Å². The van der Waals surface area contributed by atoms with Crippen LogP contribution in [0.15, 0.2) is 42.0 Å². The second-order valence-corrected chi connectivity index (χ2v) is 5.89. The molecule has 0 aliphatic rings. The van der Waals surface area contributed by atoms with Crippen LogP contribution in [0.5, 0.6) is 0 Å². The lowest BCUT2D eigenvalue weighted by atomic mass is 10.1. The summed E-state index contributed by atoms with van der Waals surface area (Å²) in [4.78, 5) is 22.6. The van der Waals surface area contributed by atoms with Crippen LogP contribution in [-0.2, 0) is 4.79 Å². The molecule has 2 rings (SSSR count). The van der Waals surface area contributed by atoms with Gasteiger partial charge in [0.25, 0.3) is 11.6 Å². The maximum absolute atomic E-state index is 12.3. The molecule has 0 aliphatic carbocycles. The number of carbonyl (C=O) groups excluding carboxylic acids is 1. The number of anilines is 1. The molecule has 0 atom stereocenters. The van der Waals surface area contributed by atoms with Crippen molar-refractivity contribution in [3.05, 3.63) is 73.3 Å². The lowest BCUT2D eigenvalue weighted by molar-refractivity contribution is -0.384. The van der Waals surface area contributed by atoms with Gasteiger partial charge in [-0.1, -0.05) is 35.3 Å². The number of nitrogens with one attached hydrogen (secondary N) is 1. The summed E-state index contributed by atoms with van der Waals surface area (Å²) in [7, 11) is 0. The maximum Gasteiger partial charge on any atom is 0.271 e. The molecule has 0 unspecified atom stereocenters. The van der Waals surface area contributed by atoms with E-state index in [2.05, 4.69) is 5.32 Å². The summed E-state index contributed by atoms with van der Waals surface area (Å²) in [5, 5.41) is 23.3. The summed E-state index contributed by atoms with van der Waals surface area (Å²) in [6, 6.07) is 10.5. The van der Waals surface area contributed by atoms with Crippen molar-refractivity contribution in [2.75, 3.05) is 5.32 Å². The zero-order valence-corrected chi connectivity index (χ0v) is 14.4. The fraction of sp³-hybridized carbons (Fsp3) is 0.0588. The highest BCUT2D eigenvalue weighted by Crippen LogP contribution is 2.25. The quantitative estimate of drug-likeness (QED) is 0.360. The smallest absolute Gasteiger partial charge is 0.271 e. The first kappa shape index (κ1) is 18.5. The molecule has 0 saturated carbocycles. The van der Waals surface area contributed by atoms with Gasteiger partial charge in [-0.2, -0.15) is 5.26 Å². The van der Waals surface area contributed by atoms with E-state index >= 15 is 0 Å². The number of nitro groups is 1. The van der Waals surface area contributed by atoms with Gasteiger partial charge in [0.1, 0.15) is 11.6 Å². The van der Waals surface area contributed by atoms with Gasteiger partial charge < -0.3 is 5.32 Å². The summed E-state index contributed by atoms with van der Waals surface area (Å²) in [5.74, 6) is -0.697. The number of amides is 1. The van der Waals surface area contributed by atoms with Gasteiger partial charge >= 0.3 is 0 Å². The van der Waals surface area contributed by atoms with Crippen molar-refractivity contribution in [2.24, 2.45) is 0 Å². The van der Waals surface area contributed by atoms with E-state index in [-0.39, 0.29) is 16.9 Å². The number of nitrogens with zero attached hydrogens (tertiary/aromatic N) is 2. The summed E-state index contributed by atoms with van der Waals surface area (Å²) >= 11 is 11.8. The van der Waals surface area contributed by atoms with Gasteiger partial charge in [0, 0.05) is 22.2 Å². The van der Waals surface area contributed by atoms with Crippen LogP contribution in [0.2, 0.25) is 10.0 Å². The van der Waals surface area contributed by atoms with E-state index < -0.39 is 10.8 Å². The number of benzene rings is 2. The first-order valence-corrected chi connectivity index (χ1v) is 7.70. The molecule has 8 heteroatoms. The van der Waals surface area contributed by atoms with Crippen LogP contribution in [-0.4, -0.2) is 10.8 Å². The lowest BCUT2D eigenvalue weighted by Gasteiger charge is -2.08. The molecular formula is C17H11Cl2N3O3. The Morgan fingerprint density at radius 1 is 1.28 bits per heavy atom. The molecule has 0 fully saturated rings. The third kappa shape index (κ3) is 4.57. The summed E-state index contributed by atoms with van der Waals surface area (Å²) in [6.07, 6.45) is 1.32. The number of carbonyl (C=O) groups is 1. The minimum atomic E-state index is -0.697. The number of nitro benzene ring substituents is 1. The molecule has 0 bridgehead atoms. The Bertz CT molecular complexity index is 933. The van der Waals surface area contributed by atoms with E-state index in [1.54, 1.807) is 25.1 Å². The molecular weight excluding hydrogens is 365 g/mol. The number of halogens is 2. The van der Waals surface area contributed by atoms with E-state index in [4.69, 9.17) is 23.2 Å². The molecule has 1 amide bonds. The summed E-state index contributed by atoms with van der Waals surface area (Å²) < 4.78 is 0. The van der Waals surface area contributed by atoms with Crippen LogP contribution in [0.1, 0.15) is 11.1 Å². The van der Waals surface area contributed by atoms with E-state index in [9.17, 15) is 20.2 Å². The van der Waals surface area contributed by atoms with Crippen molar-refractivity contribution in [3.8, 4) is 6.07 Å². The number of aryl methyl sites for hydroxylation is 1. The van der Waals surface area contributed by atoms with Gasteiger partial charge in [-0.15, -0.1) is 0 Å². The first-order valence-electron chi connectivity index (χ1n) is 6.95. The molecule has 0 saturated heterocycles. The second-order valence-electron chi connectivity index (χ2n) is 5.05. The van der Waals surface area contributed by atoms with Crippen LogP contribution < -0.4 is 5.32 Å². The number of hydrogen-bond donors (Lipinski definition) is 1. The zero-order chi connectivity index (χ0) is 18.6. The summed E-state index contributed by atoms with van der Waals surface area (Å²) in [5.41, 5.74) is 0.969. The van der Waals surface area contributed by atoms with Crippen molar-refractivity contribution in [3.63, 3.8) is 0 Å². The predicted octanol–water partition coefficient (Wildman–Crippen LogP) is 4.76. The van der Waals surface area contributed by atoms with Crippen molar-refractivity contribution >= 4 is 46.6 Å². The number of nitriles is 1. The number of rotatable bonds is 4. The minimum absolute atomic E-state index is 0.163. The van der Waals surface area contributed by atoms with Crippen molar-refractivity contribution in [2.45, 2.75) is 6.92 Å². The van der Waals surface area contributed by atoms with E-state index in [1.807, 2.05) is 0 Å². The summed E-state index contributed by atoms with van der Waals surface area (Å²) in [6.45, 7) is 1.69. The van der Waals surface area contributed by atoms with Gasteiger partial charge in [-0.25, -0.2) is 0 Å². The SMILES string of the molecule is Cc1ccc([N+](=O)[O-])cc1NC(=O)/C(C#N)=C/c1ccc(Cl)cc1Cl. The maximum atomic E-state index is 12.3. The van der Waals surface area contributed by atoms with Gasteiger partial charge in [0.15, 0.2) is 0 Å². The Hall–Kier alpha value is -2.88. The average Bonchev–Trinajstić information content (AvgIpc) is 2.55. The fourth-order valence-electron chi connectivity index (χ4n) is 1.97. The third-order valence-electron chi connectivity index (χ3n) is 3.31. The molecule has 0 aromatic heterocycles. The van der Waals surface area contributed by atoms with Gasteiger partial charge in [-0.05, 0) is 36.3 Å². The van der Waals surface area contributed by atoms with Crippen LogP contribution >= 0.6 is 23.2 Å². The van der Waals surface area contributed by atoms with E-state index in [0.717, 1.165) is 0 Å². The van der Waals surface area contributed by atoms with Crippen LogP contribution in [0.3, 0.4) is 0 Å². The van der Waals surface area contributed by atoms with Gasteiger partial charge in [0.05, 0.1) is 10.6 Å². The molecule has 0 spiro atoms. The van der Waals surface area contributed by atoms with Crippen LogP contribution in [0, 0.1) is 28.4 Å². The molecule has 6 nitrogen and oxygen atoms in total. The Kier molecular flexibility index (Phi) is 5.75. The first-order chi connectivity index (χ1) is 11.8. The average molecular weight is 376 g/mol. The van der Waals surface area contributed by atoms with Crippen molar-refractivity contribution in [1.82, 2.24) is 0 Å². The molecule has 126 valence electrons. The molecule has 0 radical (unpaired) electrons. The van der Waals surface area contributed by atoms with Crippen LogP contribution in [0.4, 0.5) is 11.4 Å². The number of hydrogen-bond acceptors (Lipinski definition) is 4. The highest BCUT2D eigenvalue weighted by atomic mass is 35.5. The van der Waals surface area contributed by atoms with Gasteiger partial charge in [0.2, 0.25) is 0 Å². The van der Waals surface area contributed by atoms with Crippen molar-refractivity contribution in [1.29, 1.82) is 5.26 Å². The Morgan fingerprint density at radius 3 is 2.60 bits per heavy atom. The zero-order valence-electron chi connectivity index (χ0n) is 12.9. The topological polar surface area (TPSA) is 96.0 Å². The Morgan fingerprint density at radius 2 is 2.00 bits per heavy atom. The second kappa shape index (κ2) is 7.79. The standard InChI is InChI=1S/C17H11Cl2N3O3/c1-10-2-5-14(22(24)25)8-16(10)21-17(23)12(9-20)6-11-3-4-13(18)7-15(11)19/h2-8H,1H3,(H,21,23)/b12-6+. The minimum Gasteiger partial charge on any atom is -0.321 e. The predicted molar refractivity (Wildman–Crippen MR) is 96.5 cm³/mol. The molecule has 0 aliphatic heterocycles. The Labute approximate surface area is 153 Å². The highest BCUT2D eigenvalue weighted by molar-refractivity contribution is 6.35.